The average molecular weight is 300 g/mol. The third kappa shape index (κ3) is 3.02. The highest BCUT2D eigenvalue weighted by atomic mass is 32.2. The summed E-state index contributed by atoms with van der Waals surface area (Å²) in [5, 5.41) is 0. The molecule has 0 spiro atoms. The maximum Gasteiger partial charge on any atom is 0.243 e. The lowest BCUT2D eigenvalue weighted by Crippen LogP contribution is -2.49. The molecular weight excluding hydrogens is 279 g/mol. The molecule has 112 valence electrons. The molecular formula is C14H21FN2O2S. The molecule has 2 rings (SSSR count). The largest absolute Gasteiger partial charge is 0.329 e. The zero-order valence-corrected chi connectivity index (χ0v) is 12.4. The van der Waals surface area contributed by atoms with E-state index in [2.05, 4.69) is 6.92 Å². The standard InChI is InChI=1S/C14H21FN2O2S/c1-2-11-6-7-17(13(8-11)10-16)20(18,19)14-5-3-4-12(15)9-14/h3-5,9,11,13H,2,6-8,10,16H2,1H3. The minimum atomic E-state index is -3.66. The number of rotatable bonds is 4. The minimum absolute atomic E-state index is 0.00546. The van der Waals surface area contributed by atoms with Gasteiger partial charge in [-0.05, 0) is 37.0 Å². The third-order valence-electron chi connectivity index (χ3n) is 4.02. The number of nitrogens with two attached hydrogens (primary N) is 1. The van der Waals surface area contributed by atoms with Gasteiger partial charge in [0.15, 0.2) is 0 Å². The second-order valence-electron chi connectivity index (χ2n) is 5.26. The van der Waals surface area contributed by atoms with Crippen LogP contribution >= 0.6 is 0 Å². The Labute approximate surface area is 119 Å². The SMILES string of the molecule is CCC1CCN(S(=O)(=O)c2cccc(F)c2)C(CN)C1. The molecule has 1 fully saturated rings. The lowest BCUT2D eigenvalue weighted by molar-refractivity contribution is 0.197. The van der Waals surface area contributed by atoms with E-state index in [1.54, 1.807) is 0 Å². The lowest BCUT2D eigenvalue weighted by Gasteiger charge is -2.37. The van der Waals surface area contributed by atoms with Crippen LogP contribution in [0.2, 0.25) is 0 Å². The molecule has 0 bridgehead atoms. The van der Waals surface area contributed by atoms with Gasteiger partial charge in [-0.1, -0.05) is 19.4 Å². The summed E-state index contributed by atoms with van der Waals surface area (Å²) in [6, 6.07) is 4.95. The minimum Gasteiger partial charge on any atom is -0.329 e. The molecule has 20 heavy (non-hydrogen) atoms. The second-order valence-corrected chi connectivity index (χ2v) is 7.15. The van der Waals surface area contributed by atoms with Crippen LogP contribution in [-0.2, 0) is 10.0 Å². The number of benzene rings is 1. The van der Waals surface area contributed by atoms with Crippen molar-refractivity contribution in [3.8, 4) is 0 Å². The number of nitrogens with zero attached hydrogens (tertiary/aromatic N) is 1. The van der Waals surface area contributed by atoms with E-state index in [4.69, 9.17) is 5.73 Å². The predicted molar refractivity (Wildman–Crippen MR) is 76.1 cm³/mol. The molecule has 0 aliphatic carbocycles. The molecule has 1 aromatic carbocycles. The first-order chi connectivity index (χ1) is 9.48. The van der Waals surface area contributed by atoms with Crippen molar-refractivity contribution in [2.24, 2.45) is 11.7 Å². The van der Waals surface area contributed by atoms with E-state index in [0.717, 1.165) is 25.3 Å². The molecule has 1 aliphatic heterocycles. The van der Waals surface area contributed by atoms with Gasteiger partial charge in [-0.25, -0.2) is 12.8 Å². The highest BCUT2D eigenvalue weighted by Gasteiger charge is 2.35. The van der Waals surface area contributed by atoms with E-state index in [1.807, 2.05) is 0 Å². The van der Waals surface area contributed by atoms with E-state index in [0.29, 0.717) is 19.0 Å². The van der Waals surface area contributed by atoms with Crippen LogP contribution in [0.4, 0.5) is 4.39 Å². The van der Waals surface area contributed by atoms with Crippen molar-refractivity contribution < 1.29 is 12.8 Å². The molecule has 1 aliphatic rings. The van der Waals surface area contributed by atoms with Gasteiger partial charge in [0.05, 0.1) is 4.90 Å². The van der Waals surface area contributed by atoms with E-state index >= 15 is 0 Å². The Hall–Kier alpha value is -0.980. The molecule has 2 atom stereocenters. The van der Waals surface area contributed by atoms with E-state index in [1.165, 1.54) is 22.5 Å². The Morgan fingerprint density at radius 3 is 2.80 bits per heavy atom. The maximum atomic E-state index is 13.3. The number of hydrogen-bond donors (Lipinski definition) is 1. The Morgan fingerprint density at radius 1 is 1.45 bits per heavy atom. The molecule has 0 saturated carbocycles. The van der Waals surface area contributed by atoms with Crippen LogP contribution in [0.1, 0.15) is 26.2 Å². The van der Waals surface area contributed by atoms with Crippen molar-refractivity contribution in [2.75, 3.05) is 13.1 Å². The molecule has 1 heterocycles. The smallest absolute Gasteiger partial charge is 0.243 e. The molecule has 1 aromatic rings. The molecule has 2 unspecified atom stereocenters. The van der Waals surface area contributed by atoms with Gasteiger partial charge in [0.25, 0.3) is 0 Å². The third-order valence-corrected chi connectivity index (χ3v) is 5.97. The summed E-state index contributed by atoms with van der Waals surface area (Å²) >= 11 is 0. The first-order valence-corrected chi connectivity index (χ1v) is 8.40. The zero-order valence-electron chi connectivity index (χ0n) is 11.6. The summed E-state index contributed by atoms with van der Waals surface area (Å²) in [6.45, 7) is 2.86. The monoisotopic (exact) mass is 300 g/mol. The van der Waals surface area contributed by atoms with E-state index in [-0.39, 0.29) is 10.9 Å². The van der Waals surface area contributed by atoms with Gasteiger partial charge >= 0.3 is 0 Å². The highest BCUT2D eigenvalue weighted by Crippen LogP contribution is 2.29. The number of hydrogen-bond acceptors (Lipinski definition) is 3. The van der Waals surface area contributed by atoms with Gasteiger partial charge in [-0.2, -0.15) is 4.31 Å². The maximum absolute atomic E-state index is 13.3. The van der Waals surface area contributed by atoms with E-state index < -0.39 is 15.8 Å². The van der Waals surface area contributed by atoms with Crippen molar-refractivity contribution in [3.05, 3.63) is 30.1 Å². The Bertz CT molecular complexity index is 562. The average Bonchev–Trinajstić information content (AvgIpc) is 2.46. The van der Waals surface area contributed by atoms with Crippen molar-refractivity contribution >= 4 is 10.0 Å². The first kappa shape index (κ1) is 15.4. The second kappa shape index (κ2) is 6.20. The van der Waals surface area contributed by atoms with Crippen LogP contribution in [-0.4, -0.2) is 31.9 Å². The Morgan fingerprint density at radius 2 is 2.20 bits per heavy atom. The van der Waals surface area contributed by atoms with Crippen LogP contribution in [0.5, 0.6) is 0 Å². The van der Waals surface area contributed by atoms with Crippen molar-refractivity contribution in [3.63, 3.8) is 0 Å². The van der Waals surface area contributed by atoms with Gasteiger partial charge in [-0.3, -0.25) is 0 Å². The summed E-state index contributed by atoms with van der Waals surface area (Å²) in [6.07, 6.45) is 2.65. The summed E-state index contributed by atoms with van der Waals surface area (Å²) in [5.74, 6) is -0.0265. The van der Waals surface area contributed by atoms with Crippen molar-refractivity contribution in [1.29, 1.82) is 0 Å². The highest BCUT2D eigenvalue weighted by molar-refractivity contribution is 7.89. The fraction of sp³-hybridized carbons (Fsp3) is 0.571. The Kier molecular flexibility index (Phi) is 4.78. The summed E-state index contributed by atoms with van der Waals surface area (Å²) in [7, 11) is -3.66. The van der Waals surface area contributed by atoms with Gasteiger partial charge < -0.3 is 5.73 Å². The summed E-state index contributed by atoms with van der Waals surface area (Å²) in [4.78, 5) is 0.00546. The lowest BCUT2D eigenvalue weighted by atomic mass is 9.90. The van der Waals surface area contributed by atoms with Gasteiger partial charge in [0, 0.05) is 19.1 Å². The quantitative estimate of drug-likeness (QED) is 0.924. The van der Waals surface area contributed by atoms with Gasteiger partial charge in [0.1, 0.15) is 5.82 Å². The van der Waals surface area contributed by atoms with Crippen LogP contribution in [0.15, 0.2) is 29.2 Å². The normalized spacial score (nSPS) is 24.8. The first-order valence-electron chi connectivity index (χ1n) is 6.96. The summed E-state index contributed by atoms with van der Waals surface area (Å²) in [5.41, 5.74) is 5.74. The Balaban J connectivity index is 2.29. The van der Waals surface area contributed by atoms with Crippen LogP contribution < -0.4 is 5.73 Å². The molecule has 0 radical (unpaired) electrons. The molecule has 6 heteroatoms. The zero-order chi connectivity index (χ0) is 14.8. The summed E-state index contributed by atoms with van der Waals surface area (Å²) < 4.78 is 39.9. The molecule has 2 N–H and O–H groups in total. The van der Waals surface area contributed by atoms with E-state index in [9.17, 15) is 12.8 Å². The fourth-order valence-electron chi connectivity index (χ4n) is 2.78. The van der Waals surface area contributed by atoms with Crippen LogP contribution in [0.3, 0.4) is 0 Å². The van der Waals surface area contributed by atoms with Crippen molar-refractivity contribution in [1.82, 2.24) is 4.31 Å². The number of piperidine rings is 1. The molecule has 4 nitrogen and oxygen atoms in total. The molecule has 0 amide bonds. The molecule has 1 saturated heterocycles. The van der Waals surface area contributed by atoms with Gasteiger partial charge in [-0.15, -0.1) is 0 Å². The number of halogens is 1. The fourth-order valence-corrected chi connectivity index (χ4v) is 4.47. The molecule has 0 aromatic heterocycles. The van der Waals surface area contributed by atoms with Gasteiger partial charge in [0.2, 0.25) is 10.0 Å². The predicted octanol–water partition coefficient (Wildman–Crippen LogP) is 1.96. The van der Waals surface area contributed by atoms with Crippen LogP contribution in [0, 0.1) is 11.7 Å². The van der Waals surface area contributed by atoms with Crippen LogP contribution in [0.25, 0.3) is 0 Å². The number of sulfonamides is 1. The topological polar surface area (TPSA) is 63.4 Å². The van der Waals surface area contributed by atoms with Crippen molar-refractivity contribution in [2.45, 2.75) is 37.1 Å².